The Morgan fingerprint density at radius 3 is 2.67 bits per heavy atom. The maximum atomic E-state index is 12.6. The van der Waals surface area contributed by atoms with E-state index in [4.69, 9.17) is 0 Å². The van der Waals surface area contributed by atoms with Crippen LogP contribution in [0.15, 0.2) is 24.3 Å². The molecule has 2 aromatic heterocycles. The van der Waals surface area contributed by atoms with E-state index in [2.05, 4.69) is 10.1 Å². The fourth-order valence-corrected chi connectivity index (χ4v) is 4.45. The van der Waals surface area contributed by atoms with Crippen LogP contribution in [0.5, 0.6) is 0 Å². The van der Waals surface area contributed by atoms with Gasteiger partial charge in [-0.3, -0.25) is 14.9 Å². The molecule has 0 spiro atoms. The van der Waals surface area contributed by atoms with Gasteiger partial charge >= 0.3 is 5.97 Å². The monoisotopic (exact) mass is 401 g/mol. The second kappa shape index (κ2) is 7.14. The van der Waals surface area contributed by atoms with Gasteiger partial charge in [0.25, 0.3) is 11.6 Å². The molecule has 0 aliphatic carbocycles. The molecule has 10 heteroatoms. The van der Waals surface area contributed by atoms with Crippen molar-refractivity contribution in [2.75, 3.05) is 12.4 Å². The number of thiophene rings is 2. The van der Waals surface area contributed by atoms with Gasteiger partial charge in [-0.2, -0.15) is 5.26 Å². The highest BCUT2D eigenvalue weighted by molar-refractivity contribution is 7.21. The fourth-order valence-electron chi connectivity index (χ4n) is 2.44. The predicted molar refractivity (Wildman–Crippen MR) is 102 cm³/mol. The van der Waals surface area contributed by atoms with Gasteiger partial charge in [-0.15, -0.1) is 22.7 Å². The van der Waals surface area contributed by atoms with Crippen molar-refractivity contribution < 1.29 is 19.2 Å². The summed E-state index contributed by atoms with van der Waals surface area (Å²) in [5, 5.41) is 23.7. The van der Waals surface area contributed by atoms with E-state index in [9.17, 15) is 25.0 Å². The van der Waals surface area contributed by atoms with Crippen molar-refractivity contribution in [3.05, 3.63) is 55.3 Å². The molecule has 3 aromatic rings. The van der Waals surface area contributed by atoms with E-state index in [1.807, 2.05) is 6.07 Å². The lowest BCUT2D eigenvalue weighted by Crippen LogP contribution is -2.09. The highest BCUT2D eigenvalue weighted by atomic mass is 32.1. The van der Waals surface area contributed by atoms with Crippen LogP contribution in [0.2, 0.25) is 0 Å². The molecule has 1 aromatic carbocycles. The van der Waals surface area contributed by atoms with E-state index in [-0.39, 0.29) is 21.1 Å². The van der Waals surface area contributed by atoms with Crippen molar-refractivity contribution in [3.63, 3.8) is 0 Å². The minimum absolute atomic E-state index is 0.0596. The molecule has 8 nitrogen and oxygen atoms in total. The van der Waals surface area contributed by atoms with E-state index in [0.717, 1.165) is 16.0 Å². The third-order valence-electron chi connectivity index (χ3n) is 3.79. The molecule has 0 fully saturated rings. The molecule has 27 heavy (non-hydrogen) atoms. The minimum Gasteiger partial charge on any atom is -0.465 e. The van der Waals surface area contributed by atoms with Crippen LogP contribution in [-0.2, 0) is 4.74 Å². The zero-order valence-electron chi connectivity index (χ0n) is 14.1. The molecule has 1 N–H and O–H groups in total. The lowest BCUT2D eigenvalue weighted by molar-refractivity contribution is -0.384. The van der Waals surface area contributed by atoms with Gasteiger partial charge in [0.05, 0.1) is 22.5 Å². The van der Waals surface area contributed by atoms with Crippen molar-refractivity contribution in [2.24, 2.45) is 0 Å². The van der Waals surface area contributed by atoms with Crippen LogP contribution in [0.4, 0.5) is 10.7 Å². The maximum Gasteiger partial charge on any atom is 0.348 e. The number of fused-ring (bicyclic) bond motifs is 1. The van der Waals surface area contributed by atoms with Gasteiger partial charge < -0.3 is 10.1 Å². The number of anilines is 1. The first kappa shape index (κ1) is 18.5. The van der Waals surface area contributed by atoms with E-state index >= 15 is 0 Å². The molecule has 0 aliphatic heterocycles. The number of hydrogen-bond acceptors (Lipinski definition) is 8. The Balaban J connectivity index is 1.94. The number of esters is 1. The zero-order chi connectivity index (χ0) is 19.7. The number of amides is 1. The van der Waals surface area contributed by atoms with Crippen molar-refractivity contribution in [1.29, 1.82) is 5.26 Å². The van der Waals surface area contributed by atoms with Crippen LogP contribution in [0.3, 0.4) is 0 Å². The summed E-state index contributed by atoms with van der Waals surface area (Å²) in [7, 11) is 1.24. The Hall–Kier alpha value is -3.29. The Morgan fingerprint density at radius 1 is 1.30 bits per heavy atom. The van der Waals surface area contributed by atoms with Gasteiger partial charge in [-0.05, 0) is 24.6 Å². The van der Waals surface area contributed by atoms with Crippen LogP contribution >= 0.6 is 22.7 Å². The number of nitrogens with one attached hydrogen (secondary N) is 1. The van der Waals surface area contributed by atoms with Crippen LogP contribution in [-0.4, -0.2) is 23.9 Å². The standard InChI is InChI=1S/C17H11N3O5S2/c1-8-11(7-18)16(27-14(8)17(22)25-2)19-15(21)13-6-9-5-10(20(23)24)3-4-12(9)26-13/h3-6H,1-2H3,(H,19,21). The third-order valence-corrected chi connectivity index (χ3v) is 6.09. The Bertz CT molecular complexity index is 1140. The highest BCUT2D eigenvalue weighted by Gasteiger charge is 2.23. The molecule has 3 rings (SSSR count). The summed E-state index contributed by atoms with van der Waals surface area (Å²) in [5.74, 6) is -1.04. The molecule has 2 heterocycles. The van der Waals surface area contributed by atoms with Crippen molar-refractivity contribution in [1.82, 2.24) is 0 Å². The Labute approximate surface area is 160 Å². The number of nitro groups is 1. The molecule has 0 bridgehead atoms. The number of hydrogen-bond donors (Lipinski definition) is 1. The van der Waals surface area contributed by atoms with Crippen LogP contribution < -0.4 is 5.32 Å². The van der Waals surface area contributed by atoms with Gasteiger partial charge in [0.1, 0.15) is 15.9 Å². The van der Waals surface area contributed by atoms with E-state index < -0.39 is 16.8 Å². The molecule has 0 radical (unpaired) electrons. The normalized spacial score (nSPS) is 10.4. The largest absolute Gasteiger partial charge is 0.465 e. The molecule has 0 aliphatic rings. The molecule has 0 atom stereocenters. The number of nitro benzene ring substituents is 1. The number of nitriles is 1. The molecule has 0 unspecified atom stereocenters. The van der Waals surface area contributed by atoms with Gasteiger partial charge in [0.15, 0.2) is 0 Å². The number of rotatable bonds is 4. The predicted octanol–water partition coefficient (Wildman–Crippen LogP) is 4.09. The summed E-state index contributed by atoms with van der Waals surface area (Å²) in [5.41, 5.74) is 0.581. The molecule has 0 saturated heterocycles. The quantitative estimate of drug-likeness (QED) is 0.399. The lowest BCUT2D eigenvalue weighted by Gasteiger charge is -2.00. The summed E-state index contributed by atoms with van der Waals surface area (Å²) in [6.45, 7) is 1.61. The van der Waals surface area contributed by atoms with Crippen molar-refractivity contribution >= 4 is 55.3 Å². The van der Waals surface area contributed by atoms with Crippen molar-refractivity contribution in [3.8, 4) is 6.07 Å². The second-order valence-corrected chi connectivity index (χ2v) is 7.51. The topological polar surface area (TPSA) is 122 Å². The fraction of sp³-hybridized carbons (Fsp3) is 0.118. The van der Waals surface area contributed by atoms with E-state index in [0.29, 0.717) is 15.8 Å². The number of benzene rings is 1. The van der Waals surface area contributed by atoms with Gasteiger partial charge in [-0.25, -0.2) is 4.79 Å². The average Bonchev–Trinajstić information content (AvgIpc) is 3.21. The SMILES string of the molecule is COC(=O)c1sc(NC(=O)c2cc3cc([N+](=O)[O-])ccc3s2)c(C#N)c1C. The number of nitrogens with zero attached hydrogens (tertiary/aromatic N) is 2. The number of carbonyl (C=O) groups excluding carboxylic acids is 2. The van der Waals surface area contributed by atoms with Crippen molar-refractivity contribution in [2.45, 2.75) is 6.92 Å². The minimum atomic E-state index is -0.580. The highest BCUT2D eigenvalue weighted by Crippen LogP contribution is 2.34. The number of carbonyl (C=O) groups is 2. The third kappa shape index (κ3) is 3.38. The summed E-state index contributed by atoms with van der Waals surface area (Å²) in [4.78, 5) is 35.3. The van der Waals surface area contributed by atoms with Gasteiger partial charge in [0.2, 0.25) is 0 Å². The van der Waals surface area contributed by atoms with E-state index in [1.165, 1.54) is 30.6 Å². The molecule has 0 saturated carbocycles. The van der Waals surface area contributed by atoms with Crippen LogP contribution in [0.25, 0.3) is 10.1 Å². The second-order valence-electron chi connectivity index (χ2n) is 5.41. The molecule has 1 amide bonds. The molecule has 136 valence electrons. The van der Waals surface area contributed by atoms with E-state index in [1.54, 1.807) is 19.1 Å². The van der Waals surface area contributed by atoms with Crippen LogP contribution in [0.1, 0.15) is 30.5 Å². The van der Waals surface area contributed by atoms with Gasteiger partial charge in [-0.1, -0.05) is 0 Å². The number of ether oxygens (including phenoxy) is 1. The van der Waals surface area contributed by atoms with Gasteiger partial charge in [0, 0.05) is 22.2 Å². The average molecular weight is 401 g/mol. The summed E-state index contributed by atoms with van der Waals surface area (Å²) in [6, 6.07) is 7.89. The maximum absolute atomic E-state index is 12.6. The zero-order valence-corrected chi connectivity index (χ0v) is 15.7. The summed E-state index contributed by atoms with van der Waals surface area (Å²) < 4.78 is 5.41. The first-order valence-corrected chi connectivity index (χ1v) is 9.10. The Morgan fingerprint density at radius 2 is 2.04 bits per heavy atom. The summed E-state index contributed by atoms with van der Waals surface area (Å²) in [6.07, 6.45) is 0. The smallest absolute Gasteiger partial charge is 0.348 e. The molecular formula is C17H11N3O5S2. The number of non-ortho nitro benzene ring substituents is 1. The number of methoxy groups -OCH3 is 1. The first-order chi connectivity index (χ1) is 12.8. The first-order valence-electron chi connectivity index (χ1n) is 7.46. The lowest BCUT2D eigenvalue weighted by atomic mass is 10.2. The molecular weight excluding hydrogens is 390 g/mol. The summed E-state index contributed by atoms with van der Waals surface area (Å²) >= 11 is 2.14. The Kier molecular flexibility index (Phi) is 4.89. The van der Waals surface area contributed by atoms with Crippen LogP contribution in [0, 0.1) is 28.4 Å².